The summed E-state index contributed by atoms with van der Waals surface area (Å²) in [5.41, 5.74) is -0.410. The van der Waals surface area contributed by atoms with Crippen LogP contribution in [0.2, 0.25) is 0 Å². The van der Waals surface area contributed by atoms with Gasteiger partial charge in [-0.15, -0.1) is 0 Å². The number of hydrogen-bond donors (Lipinski definition) is 0. The highest BCUT2D eigenvalue weighted by molar-refractivity contribution is 5.76. The number of aryl methyl sites for hydroxylation is 1. The first-order valence-electron chi connectivity index (χ1n) is 7.31. The molecule has 0 N–H and O–H groups in total. The van der Waals surface area contributed by atoms with Crippen molar-refractivity contribution >= 4 is 5.97 Å². The Labute approximate surface area is 120 Å². The molecule has 1 atom stereocenters. The summed E-state index contributed by atoms with van der Waals surface area (Å²) in [5.74, 6) is 0.926. The summed E-state index contributed by atoms with van der Waals surface area (Å²) in [6, 6.07) is -0.0851. The normalized spacial score (nSPS) is 20.3. The number of imidazole rings is 1. The largest absolute Gasteiger partial charge is 0.459 e. The summed E-state index contributed by atoms with van der Waals surface area (Å²) < 4.78 is 7.63. The van der Waals surface area contributed by atoms with Crippen molar-refractivity contribution in [3.63, 3.8) is 0 Å². The van der Waals surface area contributed by atoms with Crippen molar-refractivity contribution in [3.05, 3.63) is 18.2 Å². The minimum Gasteiger partial charge on any atom is -0.459 e. The molecule has 5 heteroatoms. The van der Waals surface area contributed by atoms with Gasteiger partial charge in [0.05, 0.1) is 0 Å². The van der Waals surface area contributed by atoms with Gasteiger partial charge in [-0.3, -0.25) is 9.69 Å². The molecule has 0 saturated carbocycles. The van der Waals surface area contributed by atoms with Gasteiger partial charge >= 0.3 is 5.97 Å². The molecule has 0 aliphatic carbocycles. The molecule has 0 amide bonds. The Morgan fingerprint density at radius 1 is 1.45 bits per heavy atom. The van der Waals surface area contributed by atoms with Gasteiger partial charge in [-0.1, -0.05) is 0 Å². The number of likely N-dealkylation sites (tertiary alicyclic amines) is 1. The van der Waals surface area contributed by atoms with Crippen LogP contribution in [0.3, 0.4) is 0 Å². The molecule has 112 valence electrons. The number of rotatable bonds is 4. The minimum absolute atomic E-state index is 0.0851. The van der Waals surface area contributed by atoms with E-state index in [9.17, 15) is 4.79 Å². The molecular formula is C15H25N3O2. The molecule has 2 heterocycles. The summed E-state index contributed by atoms with van der Waals surface area (Å²) in [4.78, 5) is 18.7. The lowest BCUT2D eigenvalue weighted by atomic mass is 10.1. The zero-order valence-electron chi connectivity index (χ0n) is 12.9. The minimum atomic E-state index is -0.410. The second-order valence-electron chi connectivity index (χ2n) is 6.40. The zero-order valence-corrected chi connectivity index (χ0v) is 12.9. The van der Waals surface area contributed by atoms with Crippen LogP contribution in [-0.2, 0) is 16.1 Å². The average Bonchev–Trinajstić information content (AvgIpc) is 2.92. The molecular weight excluding hydrogens is 254 g/mol. The van der Waals surface area contributed by atoms with Crippen molar-refractivity contribution in [3.8, 4) is 0 Å². The smallest absolute Gasteiger partial charge is 0.323 e. The van der Waals surface area contributed by atoms with Crippen LogP contribution in [-0.4, -0.2) is 45.2 Å². The summed E-state index contributed by atoms with van der Waals surface area (Å²) in [6.07, 6.45) is 5.75. The molecule has 1 aliphatic heterocycles. The van der Waals surface area contributed by atoms with Crippen LogP contribution in [0.15, 0.2) is 12.4 Å². The second-order valence-corrected chi connectivity index (χ2v) is 6.40. The number of aromatic nitrogens is 2. The highest BCUT2D eigenvalue weighted by Gasteiger charge is 2.33. The van der Waals surface area contributed by atoms with Crippen LogP contribution < -0.4 is 0 Å². The fraction of sp³-hybridized carbons (Fsp3) is 0.733. The Bertz CT molecular complexity index is 462. The SMILES string of the molecule is Cc1nccn1CCN1CCC[C@@H]1C(=O)OC(C)(C)C. The van der Waals surface area contributed by atoms with Crippen molar-refractivity contribution < 1.29 is 9.53 Å². The first-order chi connectivity index (χ1) is 9.37. The second kappa shape index (κ2) is 5.95. The lowest BCUT2D eigenvalue weighted by Gasteiger charge is -2.27. The van der Waals surface area contributed by atoms with Crippen LogP contribution in [0.25, 0.3) is 0 Å². The molecule has 1 aliphatic rings. The van der Waals surface area contributed by atoms with E-state index in [1.54, 1.807) is 0 Å². The molecule has 1 fully saturated rings. The quantitative estimate of drug-likeness (QED) is 0.791. The highest BCUT2D eigenvalue weighted by Crippen LogP contribution is 2.21. The first-order valence-corrected chi connectivity index (χ1v) is 7.31. The van der Waals surface area contributed by atoms with Crippen LogP contribution >= 0.6 is 0 Å². The van der Waals surface area contributed by atoms with Gasteiger partial charge < -0.3 is 9.30 Å². The zero-order chi connectivity index (χ0) is 14.8. The number of ether oxygens (including phenoxy) is 1. The average molecular weight is 279 g/mol. The molecule has 0 bridgehead atoms. The van der Waals surface area contributed by atoms with E-state index >= 15 is 0 Å². The lowest BCUT2D eigenvalue weighted by Crippen LogP contribution is -2.41. The maximum Gasteiger partial charge on any atom is 0.323 e. The number of hydrogen-bond acceptors (Lipinski definition) is 4. The molecule has 5 nitrogen and oxygen atoms in total. The molecule has 20 heavy (non-hydrogen) atoms. The Morgan fingerprint density at radius 2 is 2.20 bits per heavy atom. The topological polar surface area (TPSA) is 47.4 Å². The predicted molar refractivity (Wildman–Crippen MR) is 77.4 cm³/mol. The summed E-state index contributed by atoms with van der Waals surface area (Å²) >= 11 is 0. The lowest BCUT2D eigenvalue weighted by molar-refractivity contribution is -0.160. The molecule has 0 radical (unpaired) electrons. The Balaban J connectivity index is 1.91. The summed E-state index contributed by atoms with van der Waals surface area (Å²) in [5, 5.41) is 0. The fourth-order valence-electron chi connectivity index (χ4n) is 2.61. The summed E-state index contributed by atoms with van der Waals surface area (Å²) in [7, 11) is 0. The van der Waals surface area contributed by atoms with Crippen LogP contribution in [0.5, 0.6) is 0 Å². The van der Waals surface area contributed by atoms with Crippen LogP contribution in [0.4, 0.5) is 0 Å². The maximum atomic E-state index is 12.2. The Kier molecular flexibility index (Phi) is 4.48. The van der Waals surface area contributed by atoms with E-state index in [1.165, 1.54) is 0 Å². The number of carbonyl (C=O) groups excluding carboxylic acids is 1. The van der Waals surface area contributed by atoms with E-state index < -0.39 is 5.60 Å². The van der Waals surface area contributed by atoms with Gasteiger partial charge in [-0.05, 0) is 47.1 Å². The molecule has 0 aromatic carbocycles. The standard InChI is InChI=1S/C15H25N3O2/c1-12-16-7-9-17(12)10-11-18-8-5-6-13(18)14(19)20-15(2,3)4/h7,9,13H,5-6,8,10-11H2,1-4H3/t13-/m1/s1. The van der Waals surface area contributed by atoms with Crippen molar-refractivity contribution in [2.24, 2.45) is 0 Å². The first kappa shape index (κ1) is 15.0. The van der Waals surface area contributed by atoms with Gasteiger partial charge in [0.15, 0.2) is 0 Å². The van der Waals surface area contributed by atoms with E-state index in [2.05, 4.69) is 14.5 Å². The molecule has 1 aromatic rings. The predicted octanol–water partition coefficient (Wildman–Crippen LogP) is 2.00. The van der Waals surface area contributed by atoms with Gasteiger partial charge in [0.25, 0.3) is 0 Å². The molecule has 1 aromatic heterocycles. The van der Waals surface area contributed by atoms with Gasteiger partial charge in [0, 0.05) is 25.5 Å². The molecule has 1 saturated heterocycles. The van der Waals surface area contributed by atoms with Crippen LogP contribution in [0, 0.1) is 6.92 Å². The molecule has 0 unspecified atom stereocenters. The fourth-order valence-corrected chi connectivity index (χ4v) is 2.61. The van der Waals surface area contributed by atoms with Crippen molar-refractivity contribution in [2.75, 3.05) is 13.1 Å². The Morgan fingerprint density at radius 3 is 2.80 bits per heavy atom. The van der Waals surface area contributed by atoms with Gasteiger partial charge in [0.1, 0.15) is 17.5 Å². The van der Waals surface area contributed by atoms with Gasteiger partial charge in [-0.25, -0.2) is 4.98 Å². The third-order valence-electron chi connectivity index (χ3n) is 3.59. The maximum absolute atomic E-state index is 12.2. The van der Waals surface area contributed by atoms with E-state index in [0.717, 1.165) is 38.3 Å². The third-order valence-corrected chi connectivity index (χ3v) is 3.59. The third kappa shape index (κ3) is 3.82. The Hall–Kier alpha value is -1.36. The van der Waals surface area contributed by atoms with Crippen LogP contribution in [0.1, 0.15) is 39.4 Å². The van der Waals surface area contributed by atoms with Crippen molar-refractivity contribution in [1.82, 2.24) is 14.5 Å². The number of esters is 1. The van der Waals surface area contributed by atoms with Gasteiger partial charge in [-0.2, -0.15) is 0 Å². The van der Waals surface area contributed by atoms with E-state index in [1.807, 2.05) is 40.1 Å². The van der Waals surface area contributed by atoms with E-state index in [0.29, 0.717) is 0 Å². The number of carbonyl (C=O) groups is 1. The van der Waals surface area contributed by atoms with E-state index in [4.69, 9.17) is 4.74 Å². The number of nitrogens with zero attached hydrogens (tertiary/aromatic N) is 3. The van der Waals surface area contributed by atoms with Gasteiger partial charge in [0.2, 0.25) is 0 Å². The highest BCUT2D eigenvalue weighted by atomic mass is 16.6. The van der Waals surface area contributed by atoms with E-state index in [-0.39, 0.29) is 12.0 Å². The molecule has 2 rings (SSSR count). The monoisotopic (exact) mass is 279 g/mol. The van der Waals surface area contributed by atoms with Crippen molar-refractivity contribution in [2.45, 2.75) is 58.7 Å². The van der Waals surface area contributed by atoms with Crippen molar-refractivity contribution in [1.29, 1.82) is 0 Å². The summed E-state index contributed by atoms with van der Waals surface area (Å²) in [6.45, 7) is 10.4. The molecule has 0 spiro atoms.